The van der Waals surface area contributed by atoms with Gasteiger partial charge in [0.15, 0.2) is 5.82 Å². The third kappa shape index (κ3) is 2.65. The van der Waals surface area contributed by atoms with Gasteiger partial charge in [0.25, 0.3) is 0 Å². The molecular weight excluding hydrogens is 324 g/mol. The van der Waals surface area contributed by atoms with Crippen LogP contribution in [0.15, 0.2) is 60.1 Å². The second-order valence-corrected chi connectivity index (χ2v) is 6.82. The number of pyridine rings is 2. The van der Waals surface area contributed by atoms with E-state index in [1.54, 1.807) is 6.20 Å². The summed E-state index contributed by atoms with van der Waals surface area (Å²) in [5, 5.41) is 8.97. The summed E-state index contributed by atoms with van der Waals surface area (Å²) in [6.45, 7) is 1.62. The van der Waals surface area contributed by atoms with E-state index < -0.39 is 0 Å². The van der Waals surface area contributed by atoms with Gasteiger partial charge in [-0.25, -0.2) is 9.99 Å². The topological polar surface area (TPSA) is 50.6 Å². The highest BCUT2D eigenvalue weighted by Crippen LogP contribution is 2.37. The molecule has 130 valence electrons. The monoisotopic (exact) mass is 344 g/mol. The van der Waals surface area contributed by atoms with Gasteiger partial charge in [0.05, 0.1) is 12.6 Å². The van der Waals surface area contributed by atoms with E-state index in [0.29, 0.717) is 0 Å². The lowest BCUT2D eigenvalue weighted by molar-refractivity contribution is 0.113. The fourth-order valence-electron chi connectivity index (χ4n) is 3.85. The molecule has 1 saturated heterocycles. The van der Waals surface area contributed by atoms with Gasteiger partial charge in [-0.3, -0.25) is 4.98 Å². The average molecular weight is 344 g/mol. The van der Waals surface area contributed by atoms with E-state index in [1.165, 1.54) is 16.5 Å². The summed E-state index contributed by atoms with van der Waals surface area (Å²) in [5.41, 5.74) is 2.37. The molecule has 5 nitrogen and oxygen atoms in total. The molecule has 5 heteroatoms. The molecule has 26 heavy (non-hydrogen) atoms. The summed E-state index contributed by atoms with van der Waals surface area (Å²) in [5.74, 6) is 1.15. The Morgan fingerprint density at radius 3 is 2.77 bits per heavy atom. The number of hydrogen-bond donors (Lipinski definition) is 0. The van der Waals surface area contributed by atoms with Gasteiger partial charge in [-0.05, 0) is 29.9 Å². The van der Waals surface area contributed by atoms with E-state index in [4.69, 9.17) is 9.72 Å². The van der Waals surface area contributed by atoms with Gasteiger partial charge in [-0.2, -0.15) is 5.10 Å². The first-order valence-electron chi connectivity index (χ1n) is 9.11. The van der Waals surface area contributed by atoms with Gasteiger partial charge in [-0.15, -0.1) is 0 Å². The molecule has 0 spiro atoms. The molecule has 0 aliphatic carbocycles. The third-order valence-corrected chi connectivity index (χ3v) is 5.19. The van der Waals surface area contributed by atoms with Crippen molar-refractivity contribution in [1.29, 1.82) is 0 Å². The number of nitrogens with zero attached hydrogens (tertiary/aromatic N) is 4. The normalized spacial score (nSPS) is 22.4. The van der Waals surface area contributed by atoms with Gasteiger partial charge in [0, 0.05) is 48.3 Å². The maximum atomic E-state index is 5.90. The molecule has 0 saturated carbocycles. The predicted octanol–water partition coefficient (Wildman–Crippen LogP) is 4.07. The van der Waals surface area contributed by atoms with Crippen LogP contribution >= 0.6 is 0 Å². The first-order valence-corrected chi connectivity index (χ1v) is 9.11. The molecule has 2 aliphatic heterocycles. The SMILES string of the molecule is C1=NN(c2ncc(C3CCCO3)c3ccccc23)CC1c1cccnc1. The smallest absolute Gasteiger partial charge is 0.156 e. The maximum Gasteiger partial charge on any atom is 0.156 e. The second-order valence-electron chi connectivity index (χ2n) is 6.82. The third-order valence-electron chi connectivity index (χ3n) is 5.19. The summed E-state index contributed by atoms with van der Waals surface area (Å²) >= 11 is 0. The second kappa shape index (κ2) is 6.50. The van der Waals surface area contributed by atoms with E-state index in [0.717, 1.165) is 37.2 Å². The molecule has 0 radical (unpaired) electrons. The zero-order chi connectivity index (χ0) is 17.3. The van der Waals surface area contributed by atoms with Gasteiger partial charge in [-0.1, -0.05) is 30.3 Å². The fraction of sp³-hybridized carbons (Fsp3) is 0.286. The van der Waals surface area contributed by atoms with E-state index >= 15 is 0 Å². The highest BCUT2D eigenvalue weighted by Gasteiger charge is 2.25. The standard InChI is InChI=1S/C21H20N4O/c1-2-7-18-17(6-1)19(20-8-4-10-26-20)13-23-21(18)25-14-16(12-24-25)15-5-3-9-22-11-15/h1-3,5-7,9,11-13,16,20H,4,8,10,14H2. The van der Waals surface area contributed by atoms with Gasteiger partial charge in [0.1, 0.15) is 0 Å². The molecule has 5 rings (SSSR count). The van der Waals surface area contributed by atoms with Gasteiger partial charge >= 0.3 is 0 Å². The van der Waals surface area contributed by atoms with E-state index in [1.807, 2.05) is 29.7 Å². The lowest BCUT2D eigenvalue weighted by atomic mass is 10.0. The van der Waals surface area contributed by atoms with Crippen molar-refractivity contribution in [2.45, 2.75) is 24.9 Å². The number of benzene rings is 1. The molecular formula is C21H20N4O. The minimum atomic E-state index is 0.159. The molecule has 2 atom stereocenters. The van der Waals surface area contributed by atoms with Crippen LogP contribution in [0, 0.1) is 0 Å². The van der Waals surface area contributed by atoms with E-state index in [2.05, 4.69) is 40.4 Å². The quantitative estimate of drug-likeness (QED) is 0.719. The summed E-state index contributed by atoms with van der Waals surface area (Å²) in [6.07, 6.45) is 10.0. The van der Waals surface area contributed by atoms with Crippen LogP contribution in [0.3, 0.4) is 0 Å². The molecule has 2 unspecified atom stereocenters. The van der Waals surface area contributed by atoms with Crippen LogP contribution < -0.4 is 5.01 Å². The molecule has 0 bridgehead atoms. The van der Waals surface area contributed by atoms with Crippen LogP contribution in [0.2, 0.25) is 0 Å². The van der Waals surface area contributed by atoms with Crippen molar-refractivity contribution in [3.05, 3.63) is 66.1 Å². The van der Waals surface area contributed by atoms with Crippen molar-refractivity contribution in [1.82, 2.24) is 9.97 Å². The summed E-state index contributed by atoms with van der Waals surface area (Å²) in [7, 11) is 0. The number of aromatic nitrogens is 2. The Balaban J connectivity index is 1.50. The Hall–Kier alpha value is -2.79. The highest BCUT2D eigenvalue weighted by atomic mass is 16.5. The predicted molar refractivity (Wildman–Crippen MR) is 102 cm³/mol. The number of anilines is 1. The van der Waals surface area contributed by atoms with Crippen molar-refractivity contribution in [3.8, 4) is 0 Å². The van der Waals surface area contributed by atoms with Gasteiger partial charge in [0.2, 0.25) is 0 Å². The van der Waals surface area contributed by atoms with Crippen molar-refractivity contribution < 1.29 is 4.74 Å². The number of ether oxygens (including phenoxy) is 1. The van der Waals surface area contributed by atoms with Crippen LogP contribution in [0.4, 0.5) is 5.82 Å². The van der Waals surface area contributed by atoms with Crippen LogP contribution in [0.1, 0.15) is 36.0 Å². The molecule has 4 heterocycles. The van der Waals surface area contributed by atoms with Crippen molar-refractivity contribution >= 4 is 22.8 Å². The van der Waals surface area contributed by atoms with Crippen molar-refractivity contribution in [2.75, 3.05) is 18.2 Å². The Bertz CT molecular complexity index is 951. The molecule has 2 aliphatic rings. The van der Waals surface area contributed by atoms with Crippen molar-refractivity contribution in [3.63, 3.8) is 0 Å². The summed E-state index contributed by atoms with van der Waals surface area (Å²) in [6, 6.07) is 12.5. The molecule has 2 aromatic heterocycles. The highest BCUT2D eigenvalue weighted by molar-refractivity contribution is 5.95. The number of rotatable bonds is 3. The molecule has 1 aromatic carbocycles. The fourth-order valence-corrected chi connectivity index (χ4v) is 3.85. The van der Waals surface area contributed by atoms with Crippen LogP contribution in [-0.2, 0) is 4.74 Å². The van der Waals surface area contributed by atoms with E-state index in [9.17, 15) is 0 Å². The first kappa shape index (κ1) is 15.5. The average Bonchev–Trinajstić information content (AvgIpc) is 3.40. The van der Waals surface area contributed by atoms with Gasteiger partial charge < -0.3 is 4.74 Å². The molecule has 0 amide bonds. The number of hydrazone groups is 1. The van der Waals surface area contributed by atoms with Crippen LogP contribution in [0.5, 0.6) is 0 Å². The zero-order valence-corrected chi connectivity index (χ0v) is 14.5. The summed E-state index contributed by atoms with van der Waals surface area (Å²) < 4.78 is 5.90. The lowest BCUT2D eigenvalue weighted by Crippen LogP contribution is -2.18. The van der Waals surface area contributed by atoms with Crippen LogP contribution in [-0.4, -0.2) is 29.3 Å². The van der Waals surface area contributed by atoms with Crippen LogP contribution in [0.25, 0.3) is 10.8 Å². The first-order chi connectivity index (χ1) is 12.9. The zero-order valence-electron chi connectivity index (χ0n) is 14.5. The lowest BCUT2D eigenvalue weighted by Gasteiger charge is -2.20. The largest absolute Gasteiger partial charge is 0.373 e. The Kier molecular flexibility index (Phi) is 3.87. The molecule has 3 aromatic rings. The number of hydrogen-bond acceptors (Lipinski definition) is 5. The maximum absolute atomic E-state index is 5.90. The molecule has 0 N–H and O–H groups in total. The Morgan fingerprint density at radius 2 is 1.96 bits per heavy atom. The van der Waals surface area contributed by atoms with E-state index in [-0.39, 0.29) is 12.0 Å². The summed E-state index contributed by atoms with van der Waals surface area (Å²) in [4.78, 5) is 9.00. The van der Waals surface area contributed by atoms with Crippen molar-refractivity contribution in [2.24, 2.45) is 5.10 Å². The Labute approximate surface area is 152 Å². The minimum Gasteiger partial charge on any atom is -0.373 e. The number of fused-ring (bicyclic) bond motifs is 1. The molecule has 1 fully saturated rings. The minimum absolute atomic E-state index is 0.159. The Morgan fingerprint density at radius 1 is 1.04 bits per heavy atom.